The monoisotopic (exact) mass is 675 g/mol. The minimum Gasteiger partial charge on any atom is -0.497 e. The Balaban J connectivity index is 1.22. The van der Waals surface area contributed by atoms with Crippen molar-refractivity contribution in [2.24, 2.45) is 5.92 Å². The lowest BCUT2D eigenvalue weighted by molar-refractivity contribution is -0.122. The number of thiazole rings is 1. The zero-order valence-corrected chi connectivity index (χ0v) is 27.1. The molecule has 3 aromatic carbocycles. The summed E-state index contributed by atoms with van der Waals surface area (Å²) in [7, 11) is 2.98. The first-order valence-electron chi connectivity index (χ1n) is 14.5. The molecule has 14 heteroatoms. The van der Waals surface area contributed by atoms with Gasteiger partial charge in [-0.2, -0.15) is 0 Å². The van der Waals surface area contributed by atoms with Crippen molar-refractivity contribution < 1.29 is 38.1 Å². The van der Waals surface area contributed by atoms with Crippen LogP contribution in [-0.4, -0.2) is 61.4 Å². The number of hydrogen-bond donors (Lipinski definition) is 2. The van der Waals surface area contributed by atoms with Gasteiger partial charge in [-0.15, -0.1) is 0 Å². The Kier molecular flexibility index (Phi) is 9.05. The predicted octanol–water partition coefficient (Wildman–Crippen LogP) is 4.44. The highest BCUT2D eigenvalue weighted by atomic mass is 32.2. The van der Waals surface area contributed by atoms with E-state index >= 15 is 0 Å². The van der Waals surface area contributed by atoms with E-state index in [1.807, 2.05) is 0 Å². The lowest BCUT2D eigenvalue weighted by atomic mass is 9.83. The maximum Gasteiger partial charge on any atom is 0.338 e. The molecular formula is C33H29N3O9S2. The van der Waals surface area contributed by atoms with Crippen molar-refractivity contribution in [3.05, 3.63) is 92.4 Å². The number of benzene rings is 3. The average Bonchev–Trinajstić information content (AvgIpc) is 3.57. The second kappa shape index (κ2) is 13.3. The van der Waals surface area contributed by atoms with Gasteiger partial charge in [0.1, 0.15) is 11.0 Å². The molecule has 12 nitrogen and oxygen atoms in total. The van der Waals surface area contributed by atoms with Crippen molar-refractivity contribution in [2.45, 2.75) is 23.1 Å². The van der Waals surface area contributed by atoms with E-state index in [0.717, 1.165) is 11.3 Å². The number of fused-ring (bicyclic) bond motifs is 2. The summed E-state index contributed by atoms with van der Waals surface area (Å²) < 4.78 is 21.6. The number of hydrogen-bond acceptors (Lipinski definition) is 11. The molecule has 3 heterocycles. The first-order valence-corrected chi connectivity index (χ1v) is 16.2. The van der Waals surface area contributed by atoms with Gasteiger partial charge in [-0.05, 0) is 73.2 Å². The van der Waals surface area contributed by atoms with Crippen LogP contribution in [0, 0.1) is 5.92 Å². The van der Waals surface area contributed by atoms with Gasteiger partial charge in [0.15, 0.2) is 18.1 Å². The fourth-order valence-electron chi connectivity index (χ4n) is 5.60. The standard InChI is InChI=1S/C33H29N3O9S2/c1-4-44-32(40)17-5-8-19(9-6-17)34-24(37)16-45-22-14-7-18(15-23(22)43-3)25-26-28(46-29-27(25)47-33(41)35-29)31(39)36(30(26)38)20-10-12-21(42-2)13-11-20/h5-15,25-26,28H,4,16H2,1-3H3,(H,34,37)(H,35,41)/t25-,26-,28+/m0/s1. The van der Waals surface area contributed by atoms with Crippen LogP contribution in [-0.2, 0) is 19.1 Å². The van der Waals surface area contributed by atoms with E-state index in [1.165, 1.54) is 30.9 Å². The molecule has 2 aliphatic heterocycles. The number of ether oxygens (including phenoxy) is 4. The summed E-state index contributed by atoms with van der Waals surface area (Å²) in [6.45, 7) is 1.64. The van der Waals surface area contributed by atoms with Crippen molar-refractivity contribution in [1.82, 2.24) is 4.98 Å². The molecule has 4 aromatic rings. The van der Waals surface area contributed by atoms with Gasteiger partial charge in [-0.3, -0.25) is 19.2 Å². The van der Waals surface area contributed by atoms with Gasteiger partial charge in [-0.25, -0.2) is 9.69 Å². The van der Waals surface area contributed by atoms with E-state index < -0.39 is 29.0 Å². The molecule has 3 amide bonds. The van der Waals surface area contributed by atoms with Gasteiger partial charge >= 0.3 is 10.8 Å². The van der Waals surface area contributed by atoms with Gasteiger partial charge in [0.05, 0.1) is 43.0 Å². The second-order valence-corrected chi connectivity index (χ2v) is 12.7. The molecule has 0 aliphatic carbocycles. The molecule has 242 valence electrons. The van der Waals surface area contributed by atoms with Gasteiger partial charge in [0.2, 0.25) is 11.8 Å². The quantitative estimate of drug-likeness (QED) is 0.182. The Bertz CT molecular complexity index is 1900. The topological polar surface area (TPSA) is 153 Å². The molecule has 6 rings (SSSR count). The number of amides is 3. The van der Waals surface area contributed by atoms with Crippen LogP contribution >= 0.6 is 23.1 Å². The maximum atomic E-state index is 14.0. The second-order valence-electron chi connectivity index (χ2n) is 10.5. The largest absolute Gasteiger partial charge is 0.497 e. The third kappa shape index (κ3) is 6.21. The third-order valence-electron chi connectivity index (χ3n) is 7.74. The summed E-state index contributed by atoms with van der Waals surface area (Å²) in [5, 5.41) is 2.50. The number of nitrogens with one attached hydrogen (secondary N) is 2. The van der Waals surface area contributed by atoms with Crippen molar-refractivity contribution >= 4 is 58.2 Å². The molecule has 1 aromatic heterocycles. The normalized spacial score (nSPS) is 18.3. The van der Waals surface area contributed by atoms with Crippen molar-refractivity contribution in [3.8, 4) is 17.2 Å². The smallest absolute Gasteiger partial charge is 0.338 e. The molecular weight excluding hydrogens is 647 g/mol. The van der Waals surface area contributed by atoms with E-state index in [0.29, 0.717) is 43.9 Å². The van der Waals surface area contributed by atoms with E-state index in [-0.39, 0.29) is 35.7 Å². The number of carbonyl (C=O) groups is 4. The lowest BCUT2D eigenvalue weighted by Crippen LogP contribution is -2.32. The van der Waals surface area contributed by atoms with E-state index in [9.17, 15) is 24.0 Å². The number of thioether (sulfide) groups is 1. The number of H-pyrrole nitrogens is 1. The van der Waals surface area contributed by atoms with Gasteiger partial charge in [-0.1, -0.05) is 29.2 Å². The Labute approximate surface area is 277 Å². The van der Waals surface area contributed by atoms with Gasteiger partial charge in [0.25, 0.3) is 5.91 Å². The minimum atomic E-state index is -0.786. The SMILES string of the molecule is CCOC(=O)c1ccc(NC(=O)COc2ccc([C@@H]3c4sc(=O)[nH]c4S[C@H]4C(=O)N(c5ccc(OC)cc5)C(=O)[C@@H]34)cc2OC)cc1. The first kappa shape index (κ1) is 31.9. The van der Waals surface area contributed by atoms with E-state index in [4.69, 9.17) is 18.9 Å². The molecule has 0 saturated carbocycles. The van der Waals surface area contributed by atoms with E-state index in [1.54, 1.807) is 73.7 Å². The number of methoxy groups -OCH3 is 2. The summed E-state index contributed by atoms with van der Waals surface area (Å²) in [6, 6.07) is 18.0. The van der Waals surface area contributed by atoms with Crippen LogP contribution in [0.2, 0.25) is 0 Å². The number of carbonyl (C=O) groups excluding carboxylic acids is 4. The molecule has 2 N–H and O–H groups in total. The summed E-state index contributed by atoms with van der Waals surface area (Å²) in [5.41, 5.74) is 1.91. The summed E-state index contributed by atoms with van der Waals surface area (Å²) in [5.74, 6) is -1.87. The molecule has 0 bridgehead atoms. The number of anilines is 2. The Morgan fingerprint density at radius 2 is 1.66 bits per heavy atom. The van der Waals surface area contributed by atoms with Crippen molar-refractivity contribution in [3.63, 3.8) is 0 Å². The molecule has 0 radical (unpaired) electrons. The summed E-state index contributed by atoms with van der Waals surface area (Å²) in [4.78, 5) is 69.0. The highest BCUT2D eigenvalue weighted by molar-refractivity contribution is 8.00. The predicted molar refractivity (Wildman–Crippen MR) is 175 cm³/mol. The zero-order chi connectivity index (χ0) is 33.2. The summed E-state index contributed by atoms with van der Waals surface area (Å²) in [6.07, 6.45) is 0. The number of rotatable bonds is 10. The number of aromatic amines is 1. The zero-order valence-electron chi connectivity index (χ0n) is 25.4. The van der Waals surface area contributed by atoms with Crippen molar-refractivity contribution in [2.75, 3.05) is 37.7 Å². The van der Waals surface area contributed by atoms with Gasteiger partial charge < -0.3 is 29.2 Å². The van der Waals surface area contributed by atoms with Crippen LogP contribution in [0.15, 0.2) is 76.6 Å². The molecule has 0 unspecified atom stereocenters. The molecule has 3 atom stereocenters. The molecule has 1 fully saturated rings. The van der Waals surface area contributed by atoms with Crippen LogP contribution in [0.5, 0.6) is 17.2 Å². The van der Waals surface area contributed by atoms with Crippen LogP contribution < -0.4 is 29.3 Å². The van der Waals surface area contributed by atoms with Gasteiger partial charge in [0, 0.05) is 16.5 Å². The highest BCUT2D eigenvalue weighted by Crippen LogP contribution is 2.53. The lowest BCUT2D eigenvalue weighted by Gasteiger charge is -2.30. The Morgan fingerprint density at radius 1 is 0.915 bits per heavy atom. The average molecular weight is 676 g/mol. The number of esters is 1. The van der Waals surface area contributed by atoms with Crippen LogP contribution in [0.3, 0.4) is 0 Å². The Hall–Kier alpha value is -5.08. The van der Waals surface area contributed by atoms with Crippen molar-refractivity contribution in [1.29, 1.82) is 0 Å². The molecule has 47 heavy (non-hydrogen) atoms. The number of aromatic nitrogens is 1. The number of imide groups is 1. The van der Waals surface area contributed by atoms with Crippen LogP contribution in [0.25, 0.3) is 0 Å². The Morgan fingerprint density at radius 3 is 2.34 bits per heavy atom. The fraction of sp³-hybridized carbons (Fsp3) is 0.242. The molecule has 2 aliphatic rings. The first-order chi connectivity index (χ1) is 22.7. The fourth-order valence-corrected chi connectivity index (χ4v) is 8.12. The minimum absolute atomic E-state index is 0.260. The van der Waals surface area contributed by atoms with E-state index in [2.05, 4.69) is 10.3 Å². The highest BCUT2D eigenvalue weighted by Gasteiger charge is 2.56. The molecule has 0 spiro atoms. The van der Waals surface area contributed by atoms with Crippen LogP contribution in [0.1, 0.15) is 33.6 Å². The maximum absolute atomic E-state index is 14.0. The van der Waals surface area contributed by atoms with Crippen LogP contribution in [0.4, 0.5) is 11.4 Å². The number of nitrogens with zero attached hydrogens (tertiary/aromatic N) is 1. The third-order valence-corrected chi connectivity index (χ3v) is 10.1. The molecule has 1 saturated heterocycles. The summed E-state index contributed by atoms with van der Waals surface area (Å²) >= 11 is 2.19.